The average molecular weight is 394 g/mol. The summed E-state index contributed by atoms with van der Waals surface area (Å²) in [5.74, 6) is 1.68. The zero-order valence-electron chi connectivity index (χ0n) is 17.5. The molecule has 0 radical (unpaired) electrons. The van der Waals surface area contributed by atoms with Gasteiger partial charge in [-0.15, -0.1) is 0 Å². The lowest BCUT2D eigenvalue weighted by Crippen LogP contribution is -2.45. The summed E-state index contributed by atoms with van der Waals surface area (Å²) in [5.41, 5.74) is 3.01. The Kier molecular flexibility index (Phi) is 6.14. The zero-order valence-corrected chi connectivity index (χ0v) is 17.5. The Morgan fingerprint density at radius 1 is 1.03 bits per heavy atom. The van der Waals surface area contributed by atoms with Crippen LogP contribution in [-0.2, 0) is 4.79 Å². The van der Waals surface area contributed by atoms with Crippen LogP contribution in [0, 0.1) is 5.92 Å². The number of amides is 1. The van der Waals surface area contributed by atoms with Crippen LogP contribution in [0.1, 0.15) is 37.3 Å². The quantitative estimate of drug-likeness (QED) is 0.793. The van der Waals surface area contributed by atoms with Crippen LogP contribution < -0.4 is 4.74 Å². The van der Waals surface area contributed by atoms with Crippen LogP contribution >= 0.6 is 0 Å². The number of ether oxygens (including phenoxy) is 1. The van der Waals surface area contributed by atoms with Gasteiger partial charge in [-0.1, -0.05) is 18.2 Å². The molecule has 29 heavy (non-hydrogen) atoms. The van der Waals surface area contributed by atoms with Crippen LogP contribution in [0.5, 0.6) is 5.75 Å². The van der Waals surface area contributed by atoms with Crippen molar-refractivity contribution in [3.63, 3.8) is 0 Å². The molecule has 2 fully saturated rings. The Bertz CT molecular complexity index is 846. The van der Waals surface area contributed by atoms with Gasteiger partial charge in [0.2, 0.25) is 5.91 Å². The van der Waals surface area contributed by atoms with Gasteiger partial charge >= 0.3 is 0 Å². The van der Waals surface area contributed by atoms with E-state index in [0.29, 0.717) is 11.8 Å². The van der Waals surface area contributed by atoms with E-state index in [0.717, 1.165) is 74.6 Å². The van der Waals surface area contributed by atoms with Gasteiger partial charge in [0, 0.05) is 36.2 Å². The highest BCUT2D eigenvalue weighted by molar-refractivity contribution is 5.79. The highest BCUT2D eigenvalue weighted by Gasteiger charge is 2.31. The van der Waals surface area contributed by atoms with E-state index in [1.165, 1.54) is 0 Å². The van der Waals surface area contributed by atoms with E-state index >= 15 is 0 Å². The maximum absolute atomic E-state index is 13.1. The fourth-order valence-corrected chi connectivity index (χ4v) is 4.62. The Morgan fingerprint density at radius 2 is 1.83 bits per heavy atom. The second-order valence-corrected chi connectivity index (χ2v) is 8.35. The molecular formula is C24H31N3O2. The summed E-state index contributed by atoms with van der Waals surface area (Å²) in [4.78, 5) is 22.5. The van der Waals surface area contributed by atoms with Gasteiger partial charge in [0.15, 0.2) is 0 Å². The highest BCUT2D eigenvalue weighted by Crippen LogP contribution is 2.32. The van der Waals surface area contributed by atoms with Crippen molar-refractivity contribution in [3.8, 4) is 17.0 Å². The summed E-state index contributed by atoms with van der Waals surface area (Å²) < 4.78 is 5.51. The van der Waals surface area contributed by atoms with Crippen molar-refractivity contribution < 1.29 is 9.53 Å². The van der Waals surface area contributed by atoms with E-state index in [-0.39, 0.29) is 5.92 Å². The van der Waals surface area contributed by atoms with Gasteiger partial charge in [-0.2, -0.15) is 0 Å². The minimum absolute atomic E-state index is 0.192. The lowest BCUT2D eigenvalue weighted by Gasteiger charge is -2.37. The first-order valence-electron chi connectivity index (χ1n) is 10.7. The smallest absolute Gasteiger partial charge is 0.225 e. The second-order valence-electron chi connectivity index (χ2n) is 8.35. The molecule has 5 nitrogen and oxygen atoms in total. The molecule has 0 spiro atoms. The molecule has 2 aliphatic rings. The van der Waals surface area contributed by atoms with E-state index in [1.807, 2.05) is 30.3 Å². The Hall–Kier alpha value is -2.40. The molecule has 1 aromatic carbocycles. The molecule has 1 unspecified atom stereocenters. The van der Waals surface area contributed by atoms with Gasteiger partial charge in [0.25, 0.3) is 0 Å². The number of benzene rings is 1. The van der Waals surface area contributed by atoms with Crippen molar-refractivity contribution >= 4 is 5.91 Å². The Labute approximate surface area is 173 Å². The minimum atomic E-state index is 0.192. The lowest BCUT2D eigenvalue weighted by atomic mass is 9.90. The second kappa shape index (κ2) is 8.95. The zero-order chi connectivity index (χ0) is 20.2. The molecule has 154 valence electrons. The predicted octanol–water partition coefficient (Wildman–Crippen LogP) is 3.81. The molecule has 2 aromatic rings. The number of hydrogen-bond donors (Lipinski definition) is 0. The van der Waals surface area contributed by atoms with Gasteiger partial charge in [-0.25, -0.2) is 0 Å². The van der Waals surface area contributed by atoms with Crippen LogP contribution in [0.3, 0.4) is 0 Å². The first-order valence-corrected chi connectivity index (χ1v) is 10.7. The third-order valence-electron chi connectivity index (χ3n) is 6.37. The third-order valence-corrected chi connectivity index (χ3v) is 6.37. The van der Waals surface area contributed by atoms with Gasteiger partial charge in [-0.3, -0.25) is 9.78 Å². The van der Waals surface area contributed by atoms with Crippen LogP contribution in [0.2, 0.25) is 0 Å². The van der Waals surface area contributed by atoms with Crippen molar-refractivity contribution in [2.24, 2.45) is 5.92 Å². The van der Waals surface area contributed by atoms with E-state index in [1.54, 1.807) is 7.11 Å². The number of hydrogen-bond acceptors (Lipinski definition) is 4. The average Bonchev–Trinajstić information content (AvgIpc) is 2.79. The number of piperidine rings is 2. The standard InChI is InChI=1S/C24H31N3O2/c1-26-15-12-18(13-16-26)24(28)27-14-6-7-19(17-27)21-9-5-10-22(25-21)20-8-3-4-11-23(20)29-2/h3-5,8-11,18-19H,6-7,12-17H2,1-2H3. The molecule has 0 saturated carbocycles. The van der Waals surface area contributed by atoms with E-state index in [2.05, 4.69) is 29.0 Å². The Balaban J connectivity index is 1.49. The number of aromatic nitrogens is 1. The van der Waals surface area contributed by atoms with Crippen LogP contribution in [0.4, 0.5) is 0 Å². The SMILES string of the molecule is COc1ccccc1-c1cccc(C2CCCN(C(=O)C3CCN(C)CC3)C2)n1. The van der Waals surface area contributed by atoms with E-state index in [9.17, 15) is 4.79 Å². The molecule has 3 heterocycles. The van der Waals surface area contributed by atoms with Gasteiger partial charge in [-0.05, 0) is 70.1 Å². The molecule has 4 rings (SSSR count). The molecule has 2 saturated heterocycles. The Morgan fingerprint density at radius 3 is 2.62 bits per heavy atom. The van der Waals surface area contributed by atoms with E-state index < -0.39 is 0 Å². The van der Waals surface area contributed by atoms with Crippen LogP contribution in [-0.4, -0.2) is 61.0 Å². The molecule has 1 atom stereocenters. The number of pyridine rings is 1. The van der Waals surface area contributed by atoms with Crippen molar-refractivity contribution in [1.82, 2.24) is 14.8 Å². The summed E-state index contributed by atoms with van der Waals surface area (Å²) in [7, 11) is 3.83. The minimum Gasteiger partial charge on any atom is -0.496 e. The molecular weight excluding hydrogens is 362 g/mol. The largest absolute Gasteiger partial charge is 0.496 e. The van der Waals surface area contributed by atoms with Crippen molar-refractivity contribution in [2.45, 2.75) is 31.6 Å². The van der Waals surface area contributed by atoms with Gasteiger partial charge < -0.3 is 14.5 Å². The van der Waals surface area contributed by atoms with Crippen LogP contribution in [0.15, 0.2) is 42.5 Å². The number of carbonyl (C=O) groups is 1. The fourth-order valence-electron chi connectivity index (χ4n) is 4.62. The first-order chi connectivity index (χ1) is 14.2. The number of rotatable bonds is 4. The normalized spacial score (nSPS) is 21.2. The molecule has 1 aromatic heterocycles. The first kappa shape index (κ1) is 19.9. The maximum Gasteiger partial charge on any atom is 0.225 e. The molecule has 0 N–H and O–H groups in total. The molecule has 5 heteroatoms. The number of likely N-dealkylation sites (tertiary alicyclic amines) is 2. The third kappa shape index (κ3) is 4.45. The summed E-state index contributed by atoms with van der Waals surface area (Å²) in [6.07, 6.45) is 4.10. The monoisotopic (exact) mass is 393 g/mol. The summed E-state index contributed by atoms with van der Waals surface area (Å²) >= 11 is 0. The maximum atomic E-state index is 13.1. The van der Waals surface area contributed by atoms with Gasteiger partial charge in [0.05, 0.1) is 12.8 Å². The molecule has 0 aliphatic carbocycles. The fraction of sp³-hybridized carbons (Fsp3) is 0.500. The van der Waals surface area contributed by atoms with Crippen molar-refractivity contribution in [2.75, 3.05) is 40.3 Å². The summed E-state index contributed by atoms with van der Waals surface area (Å²) in [6.45, 7) is 3.72. The molecule has 0 bridgehead atoms. The van der Waals surface area contributed by atoms with Crippen molar-refractivity contribution in [3.05, 3.63) is 48.2 Å². The number of nitrogens with zero attached hydrogens (tertiary/aromatic N) is 3. The van der Waals surface area contributed by atoms with Gasteiger partial charge in [0.1, 0.15) is 5.75 Å². The van der Waals surface area contributed by atoms with Crippen LogP contribution in [0.25, 0.3) is 11.3 Å². The van der Waals surface area contributed by atoms with Crippen molar-refractivity contribution in [1.29, 1.82) is 0 Å². The number of carbonyl (C=O) groups excluding carboxylic acids is 1. The van der Waals surface area contributed by atoms with E-state index in [4.69, 9.17) is 9.72 Å². The lowest BCUT2D eigenvalue weighted by molar-refractivity contribution is -0.138. The number of para-hydroxylation sites is 1. The predicted molar refractivity (Wildman–Crippen MR) is 115 cm³/mol. The molecule has 2 aliphatic heterocycles. The summed E-state index contributed by atoms with van der Waals surface area (Å²) in [5, 5.41) is 0. The summed E-state index contributed by atoms with van der Waals surface area (Å²) in [6, 6.07) is 14.2. The highest BCUT2D eigenvalue weighted by atomic mass is 16.5. The molecule has 1 amide bonds. The topological polar surface area (TPSA) is 45.7 Å². The number of methoxy groups -OCH3 is 1.